The van der Waals surface area contributed by atoms with E-state index in [9.17, 15) is 24.8 Å². The van der Waals surface area contributed by atoms with Crippen molar-refractivity contribution in [2.45, 2.75) is 19.8 Å². The first kappa shape index (κ1) is 15.4. The van der Waals surface area contributed by atoms with Crippen LogP contribution in [0.5, 0.6) is 0 Å². The van der Waals surface area contributed by atoms with E-state index < -0.39 is 16.6 Å². The van der Waals surface area contributed by atoms with Gasteiger partial charge in [0, 0.05) is 18.6 Å². The predicted octanol–water partition coefficient (Wildman–Crippen LogP) is 2.25. The fourth-order valence-electron chi connectivity index (χ4n) is 2.06. The second-order valence-corrected chi connectivity index (χ2v) is 4.76. The number of benzene rings is 1. The van der Waals surface area contributed by atoms with Gasteiger partial charge in [0.1, 0.15) is 5.57 Å². The largest absolute Gasteiger partial charge is 0.505 e. The average molecular weight is 302 g/mol. The molecule has 0 aliphatic carbocycles. The standard InChI is InChI=1S/C15H14N2O5/c1-2-3-12(18)13-14(19)11(16-15(13)20)8-9-4-6-10(7-5-9)17(21)22/h4-8,19H,2-3H2,1H3,(H,16,20)/b11-8+. The second-order valence-electron chi connectivity index (χ2n) is 4.76. The molecule has 1 heterocycles. The van der Waals surface area contributed by atoms with Crippen LogP contribution in [-0.4, -0.2) is 21.7 Å². The molecule has 1 aliphatic rings. The Morgan fingerprint density at radius 2 is 2.00 bits per heavy atom. The number of carbonyl (C=O) groups excluding carboxylic acids is 2. The zero-order valence-corrected chi connectivity index (χ0v) is 11.8. The summed E-state index contributed by atoms with van der Waals surface area (Å²) in [4.78, 5) is 33.6. The van der Waals surface area contributed by atoms with Gasteiger partial charge in [-0.05, 0) is 30.2 Å². The predicted molar refractivity (Wildman–Crippen MR) is 78.8 cm³/mol. The molecule has 1 aromatic carbocycles. The number of aliphatic hydroxyl groups is 1. The SMILES string of the molecule is CCCC(=O)C1=C(O)/C(=C\c2ccc([N+](=O)[O-])cc2)NC1=O. The molecule has 0 saturated carbocycles. The maximum atomic E-state index is 11.8. The zero-order chi connectivity index (χ0) is 16.3. The first-order valence-electron chi connectivity index (χ1n) is 6.68. The fourth-order valence-corrected chi connectivity index (χ4v) is 2.06. The van der Waals surface area contributed by atoms with Crippen molar-refractivity contribution in [1.29, 1.82) is 0 Å². The van der Waals surface area contributed by atoms with Gasteiger partial charge in [0.15, 0.2) is 11.5 Å². The molecule has 2 N–H and O–H groups in total. The van der Waals surface area contributed by atoms with Crippen molar-refractivity contribution >= 4 is 23.5 Å². The number of hydrogen-bond donors (Lipinski definition) is 2. The monoisotopic (exact) mass is 302 g/mol. The molecule has 0 unspecified atom stereocenters. The summed E-state index contributed by atoms with van der Waals surface area (Å²) < 4.78 is 0. The van der Waals surface area contributed by atoms with Gasteiger partial charge in [-0.1, -0.05) is 6.92 Å². The van der Waals surface area contributed by atoms with Crippen LogP contribution in [0.4, 0.5) is 5.69 Å². The number of non-ortho nitro benzene ring substituents is 1. The highest BCUT2D eigenvalue weighted by Crippen LogP contribution is 2.23. The van der Waals surface area contributed by atoms with Crippen LogP contribution in [-0.2, 0) is 9.59 Å². The Morgan fingerprint density at radius 3 is 2.55 bits per heavy atom. The Morgan fingerprint density at radius 1 is 1.36 bits per heavy atom. The van der Waals surface area contributed by atoms with E-state index in [4.69, 9.17) is 0 Å². The third kappa shape index (κ3) is 3.03. The van der Waals surface area contributed by atoms with E-state index in [1.807, 2.05) is 0 Å². The molecule has 0 bridgehead atoms. The summed E-state index contributed by atoms with van der Waals surface area (Å²) in [6, 6.07) is 5.59. The first-order valence-corrected chi connectivity index (χ1v) is 6.68. The Balaban J connectivity index is 2.31. The average Bonchev–Trinajstić information content (AvgIpc) is 2.74. The molecule has 0 fully saturated rings. The number of nitrogens with zero attached hydrogens (tertiary/aromatic N) is 1. The van der Waals surface area contributed by atoms with Crippen molar-refractivity contribution in [1.82, 2.24) is 5.32 Å². The molecule has 0 spiro atoms. The lowest BCUT2D eigenvalue weighted by Crippen LogP contribution is -2.20. The van der Waals surface area contributed by atoms with Gasteiger partial charge in [-0.25, -0.2) is 0 Å². The highest BCUT2D eigenvalue weighted by molar-refractivity contribution is 6.22. The molecule has 0 atom stereocenters. The van der Waals surface area contributed by atoms with E-state index >= 15 is 0 Å². The third-order valence-corrected chi connectivity index (χ3v) is 3.14. The lowest BCUT2D eigenvalue weighted by Gasteiger charge is -1.99. The molecule has 7 heteroatoms. The number of amides is 1. The summed E-state index contributed by atoms with van der Waals surface area (Å²) in [7, 11) is 0. The van der Waals surface area contributed by atoms with Crippen LogP contribution in [0.3, 0.4) is 0 Å². The summed E-state index contributed by atoms with van der Waals surface area (Å²) in [6.45, 7) is 1.80. The quantitative estimate of drug-likeness (QED) is 0.492. The number of Topliss-reactive ketones (excluding diaryl/α,β-unsaturated/α-hetero) is 1. The van der Waals surface area contributed by atoms with Crippen LogP contribution in [0, 0.1) is 10.1 Å². The number of rotatable bonds is 5. The van der Waals surface area contributed by atoms with Crippen LogP contribution in [0.25, 0.3) is 6.08 Å². The first-order chi connectivity index (χ1) is 10.4. The molecule has 0 saturated heterocycles. The smallest absolute Gasteiger partial charge is 0.269 e. The number of nitrogens with one attached hydrogen (secondary N) is 1. The van der Waals surface area contributed by atoms with Crippen molar-refractivity contribution in [2.24, 2.45) is 0 Å². The van der Waals surface area contributed by atoms with Gasteiger partial charge in [0.25, 0.3) is 11.6 Å². The minimum atomic E-state index is -0.635. The van der Waals surface area contributed by atoms with Gasteiger partial charge in [-0.3, -0.25) is 19.7 Å². The highest BCUT2D eigenvalue weighted by atomic mass is 16.6. The Bertz CT molecular complexity index is 701. The number of carbonyl (C=O) groups is 2. The molecule has 7 nitrogen and oxygen atoms in total. The van der Waals surface area contributed by atoms with Crippen molar-refractivity contribution < 1.29 is 19.6 Å². The second kappa shape index (κ2) is 6.21. The molecule has 1 aliphatic heterocycles. The van der Waals surface area contributed by atoms with E-state index in [0.717, 1.165) is 0 Å². The van der Waals surface area contributed by atoms with Gasteiger partial charge in [-0.2, -0.15) is 0 Å². The van der Waals surface area contributed by atoms with E-state index in [0.29, 0.717) is 12.0 Å². The van der Waals surface area contributed by atoms with Crippen LogP contribution < -0.4 is 5.32 Å². The number of nitro groups is 1. The Labute approximate surface area is 126 Å². The molecule has 22 heavy (non-hydrogen) atoms. The van der Waals surface area contributed by atoms with Crippen LogP contribution in [0.15, 0.2) is 41.3 Å². The Hall–Kier alpha value is -2.96. The van der Waals surface area contributed by atoms with Crippen LogP contribution in [0.1, 0.15) is 25.3 Å². The number of nitro benzene ring substituents is 1. The number of hydrogen-bond acceptors (Lipinski definition) is 5. The van der Waals surface area contributed by atoms with E-state index in [1.165, 1.54) is 30.3 Å². The summed E-state index contributed by atoms with van der Waals surface area (Å²) >= 11 is 0. The Kier molecular flexibility index (Phi) is 4.36. The van der Waals surface area contributed by atoms with Crippen molar-refractivity contribution in [3.63, 3.8) is 0 Å². The molecule has 0 radical (unpaired) electrons. The summed E-state index contributed by atoms with van der Waals surface area (Å²) in [5.41, 5.74) is 0.362. The highest BCUT2D eigenvalue weighted by Gasteiger charge is 2.31. The van der Waals surface area contributed by atoms with Gasteiger partial charge < -0.3 is 10.4 Å². The minimum absolute atomic E-state index is 0.0591. The fraction of sp³-hybridized carbons (Fsp3) is 0.200. The molecular formula is C15H14N2O5. The van der Waals surface area contributed by atoms with Crippen molar-refractivity contribution in [2.75, 3.05) is 0 Å². The molecule has 0 aromatic heterocycles. The van der Waals surface area contributed by atoms with E-state index in [-0.39, 0.29) is 29.1 Å². The molecule has 114 valence electrons. The summed E-state index contributed by atoms with van der Waals surface area (Å²) in [6.07, 6.45) is 2.20. The van der Waals surface area contributed by atoms with Gasteiger partial charge in [-0.15, -0.1) is 0 Å². The normalized spacial score (nSPS) is 16.0. The maximum Gasteiger partial charge on any atom is 0.269 e. The van der Waals surface area contributed by atoms with E-state index in [2.05, 4.69) is 5.32 Å². The maximum absolute atomic E-state index is 11.8. The summed E-state index contributed by atoms with van der Waals surface area (Å²) in [5, 5.41) is 23.0. The van der Waals surface area contributed by atoms with E-state index in [1.54, 1.807) is 6.92 Å². The number of aliphatic hydroxyl groups excluding tert-OH is 1. The van der Waals surface area contributed by atoms with Gasteiger partial charge in [0.2, 0.25) is 0 Å². The summed E-state index contributed by atoms with van der Waals surface area (Å²) in [5.74, 6) is -1.43. The lowest BCUT2D eigenvalue weighted by molar-refractivity contribution is -0.384. The molecule has 2 rings (SSSR count). The van der Waals surface area contributed by atoms with Gasteiger partial charge >= 0.3 is 0 Å². The molecular weight excluding hydrogens is 288 g/mol. The van der Waals surface area contributed by atoms with Crippen LogP contribution >= 0.6 is 0 Å². The molecule has 1 aromatic rings. The molecule has 1 amide bonds. The van der Waals surface area contributed by atoms with Crippen LogP contribution in [0.2, 0.25) is 0 Å². The van der Waals surface area contributed by atoms with Gasteiger partial charge in [0.05, 0.1) is 10.6 Å². The third-order valence-electron chi connectivity index (χ3n) is 3.14. The van der Waals surface area contributed by atoms with Crippen molar-refractivity contribution in [3.8, 4) is 0 Å². The minimum Gasteiger partial charge on any atom is -0.505 e. The lowest BCUT2D eigenvalue weighted by atomic mass is 10.1. The number of ketones is 1. The van der Waals surface area contributed by atoms with Crippen molar-refractivity contribution in [3.05, 3.63) is 57.0 Å². The topological polar surface area (TPSA) is 110 Å². The zero-order valence-electron chi connectivity index (χ0n) is 11.8.